The highest BCUT2D eigenvalue weighted by atomic mass is 32.1. The maximum atomic E-state index is 14.4. The maximum Gasteiger partial charge on any atom is 0.235 e. The minimum absolute atomic E-state index is 0.170. The number of aromatic nitrogens is 1. The first-order valence-electron chi connectivity index (χ1n) is 12.6. The minimum Gasteiger partial charge on any atom is -0.494 e. The Labute approximate surface area is 200 Å². The first kappa shape index (κ1) is 21.8. The Morgan fingerprint density at radius 3 is 2.48 bits per heavy atom. The van der Waals surface area contributed by atoms with Gasteiger partial charge in [-0.2, -0.15) is 0 Å². The number of anilines is 1. The maximum absolute atomic E-state index is 14.4. The predicted octanol–water partition coefficient (Wildman–Crippen LogP) is 4.49. The number of carbonyl (C=O) groups excluding carboxylic acids is 1. The van der Waals surface area contributed by atoms with Crippen molar-refractivity contribution >= 4 is 32.6 Å². The van der Waals surface area contributed by atoms with E-state index in [1.165, 1.54) is 24.8 Å². The lowest BCUT2D eigenvalue weighted by atomic mass is 9.49. The largest absolute Gasteiger partial charge is 0.494 e. The fourth-order valence-electron chi connectivity index (χ4n) is 7.39. The van der Waals surface area contributed by atoms with Crippen molar-refractivity contribution in [3.63, 3.8) is 0 Å². The Kier molecular flexibility index (Phi) is 5.62. The van der Waals surface area contributed by atoms with E-state index >= 15 is 0 Å². The first-order chi connectivity index (χ1) is 16.0. The van der Waals surface area contributed by atoms with Crippen molar-refractivity contribution in [3.05, 3.63) is 17.7 Å². The van der Waals surface area contributed by atoms with E-state index in [1.54, 1.807) is 18.4 Å². The highest BCUT2D eigenvalue weighted by molar-refractivity contribution is 7.22. The van der Waals surface area contributed by atoms with Gasteiger partial charge in [-0.05, 0) is 74.8 Å². The standard InChI is InChI=1S/C26H35N3O3S/c1-17-3-4-21(31-2)22-23(17)33-25(27-22)29(6-5-28-7-9-32-10-8-28)24(30)26-14-18-11-19(15-26)13-20(12-18)16-26/h3-4,18-20H,5-16H2,1-2H3. The van der Waals surface area contributed by atoms with Gasteiger partial charge in [0.05, 0.1) is 30.4 Å². The van der Waals surface area contributed by atoms with Crippen LogP contribution in [0.2, 0.25) is 0 Å². The Balaban J connectivity index is 1.35. The lowest BCUT2D eigenvalue weighted by Crippen LogP contribution is -2.56. The van der Waals surface area contributed by atoms with E-state index in [0.29, 0.717) is 12.5 Å². The van der Waals surface area contributed by atoms with E-state index < -0.39 is 0 Å². The smallest absolute Gasteiger partial charge is 0.235 e. The zero-order chi connectivity index (χ0) is 22.6. The van der Waals surface area contributed by atoms with Crippen molar-refractivity contribution in [2.75, 3.05) is 51.4 Å². The number of carbonyl (C=O) groups is 1. The highest BCUT2D eigenvalue weighted by Gasteiger charge is 2.56. The molecular formula is C26H35N3O3S. The number of rotatable bonds is 6. The molecule has 0 N–H and O–H groups in total. The molecular weight excluding hydrogens is 434 g/mol. The molecule has 0 spiro atoms. The van der Waals surface area contributed by atoms with Gasteiger partial charge in [0.25, 0.3) is 0 Å². The Hall–Kier alpha value is -1.70. The SMILES string of the molecule is COc1ccc(C)c2sc(N(CCN3CCOCC3)C(=O)C34CC5CC(CC(C5)C3)C4)nc12. The van der Waals surface area contributed by atoms with Gasteiger partial charge < -0.3 is 9.47 Å². The molecule has 0 radical (unpaired) electrons. The van der Waals surface area contributed by atoms with Gasteiger partial charge in [0.2, 0.25) is 5.91 Å². The number of thiazole rings is 1. The van der Waals surface area contributed by atoms with Crippen LogP contribution in [0.4, 0.5) is 5.13 Å². The molecule has 4 bridgehead atoms. The lowest BCUT2D eigenvalue weighted by Gasteiger charge is -2.56. The third kappa shape index (κ3) is 3.86. The van der Waals surface area contributed by atoms with E-state index in [9.17, 15) is 4.79 Å². The summed E-state index contributed by atoms with van der Waals surface area (Å²) in [4.78, 5) is 23.9. The van der Waals surface area contributed by atoms with Crippen molar-refractivity contribution in [2.45, 2.75) is 45.4 Å². The van der Waals surface area contributed by atoms with Gasteiger partial charge >= 0.3 is 0 Å². The number of hydrogen-bond acceptors (Lipinski definition) is 6. The molecule has 33 heavy (non-hydrogen) atoms. The van der Waals surface area contributed by atoms with Crippen LogP contribution in [0, 0.1) is 30.1 Å². The van der Waals surface area contributed by atoms with Crippen LogP contribution in [0.1, 0.15) is 44.1 Å². The van der Waals surface area contributed by atoms with Gasteiger partial charge in [0.15, 0.2) is 5.13 Å². The number of hydrogen-bond donors (Lipinski definition) is 0. The average Bonchev–Trinajstić information content (AvgIpc) is 3.25. The molecule has 1 aromatic carbocycles. The quantitative estimate of drug-likeness (QED) is 0.624. The summed E-state index contributed by atoms with van der Waals surface area (Å²) in [5.41, 5.74) is 1.90. The molecule has 1 aromatic heterocycles. The van der Waals surface area contributed by atoms with Crippen LogP contribution in [0.15, 0.2) is 12.1 Å². The van der Waals surface area contributed by atoms with Crippen molar-refractivity contribution in [1.29, 1.82) is 0 Å². The van der Waals surface area contributed by atoms with Gasteiger partial charge in [-0.25, -0.2) is 4.98 Å². The Morgan fingerprint density at radius 1 is 1.18 bits per heavy atom. The molecule has 6 nitrogen and oxygen atoms in total. The van der Waals surface area contributed by atoms with Gasteiger partial charge in [-0.1, -0.05) is 17.4 Å². The second-order valence-electron chi connectivity index (χ2n) is 10.9. The topological polar surface area (TPSA) is 54.9 Å². The zero-order valence-electron chi connectivity index (χ0n) is 19.8. The summed E-state index contributed by atoms with van der Waals surface area (Å²) in [6.45, 7) is 7.11. The molecule has 4 aliphatic carbocycles. The monoisotopic (exact) mass is 469 g/mol. The molecule has 1 amide bonds. The lowest BCUT2D eigenvalue weighted by molar-refractivity contribution is -0.143. The van der Waals surface area contributed by atoms with Crippen LogP contribution in [-0.2, 0) is 9.53 Å². The van der Waals surface area contributed by atoms with Crippen molar-refractivity contribution in [1.82, 2.24) is 9.88 Å². The van der Waals surface area contributed by atoms with Crippen molar-refractivity contribution < 1.29 is 14.3 Å². The van der Waals surface area contributed by atoms with E-state index in [-0.39, 0.29) is 5.41 Å². The molecule has 5 fully saturated rings. The fourth-order valence-corrected chi connectivity index (χ4v) is 8.46. The van der Waals surface area contributed by atoms with Crippen LogP contribution < -0.4 is 9.64 Å². The average molecular weight is 470 g/mol. The number of amides is 1. The van der Waals surface area contributed by atoms with Crippen LogP contribution in [-0.4, -0.2) is 62.3 Å². The summed E-state index contributed by atoms with van der Waals surface area (Å²) >= 11 is 1.65. The van der Waals surface area contributed by atoms with E-state index in [0.717, 1.165) is 91.0 Å². The van der Waals surface area contributed by atoms with Gasteiger partial charge in [0, 0.05) is 26.2 Å². The molecule has 5 aliphatic rings. The number of fused-ring (bicyclic) bond motifs is 1. The molecule has 7 heteroatoms. The summed E-state index contributed by atoms with van der Waals surface area (Å²) in [5, 5.41) is 0.839. The highest BCUT2D eigenvalue weighted by Crippen LogP contribution is 2.60. The molecule has 2 aromatic rings. The van der Waals surface area contributed by atoms with E-state index in [2.05, 4.69) is 22.8 Å². The molecule has 178 valence electrons. The van der Waals surface area contributed by atoms with Crippen molar-refractivity contribution in [3.8, 4) is 5.75 Å². The predicted molar refractivity (Wildman–Crippen MR) is 131 cm³/mol. The van der Waals surface area contributed by atoms with Crippen LogP contribution >= 0.6 is 11.3 Å². The third-order valence-corrected chi connectivity index (χ3v) is 9.84. The van der Waals surface area contributed by atoms with Crippen molar-refractivity contribution in [2.24, 2.45) is 23.2 Å². The number of ether oxygens (including phenoxy) is 2. The summed E-state index contributed by atoms with van der Waals surface area (Å²) in [5.74, 6) is 3.37. The number of methoxy groups -OCH3 is 1. The summed E-state index contributed by atoms with van der Waals surface area (Å²) < 4.78 is 12.3. The second-order valence-corrected chi connectivity index (χ2v) is 11.8. The molecule has 7 rings (SSSR count). The fraction of sp³-hybridized carbons (Fsp3) is 0.692. The van der Waals surface area contributed by atoms with Gasteiger partial charge in [-0.3, -0.25) is 14.6 Å². The number of nitrogens with zero attached hydrogens (tertiary/aromatic N) is 3. The number of benzene rings is 1. The normalized spacial score (nSPS) is 31.3. The first-order valence-corrected chi connectivity index (χ1v) is 13.4. The number of morpholine rings is 1. The van der Waals surface area contributed by atoms with Gasteiger partial charge in [-0.15, -0.1) is 0 Å². The molecule has 0 unspecified atom stereocenters. The Morgan fingerprint density at radius 2 is 1.85 bits per heavy atom. The molecule has 4 saturated carbocycles. The zero-order valence-corrected chi connectivity index (χ0v) is 20.7. The number of aryl methyl sites for hydroxylation is 1. The van der Waals surface area contributed by atoms with Crippen LogP contribution in [0.5, 0.6) is 5.75 Å². The van der Waals surface area contributed by atoms with Gasteiger partial charge in [0.1, 0.15) is 11.3 Å². The summed E-state index contributed by atoms with van der Waals surface area (Å²) in [6.07, 6.45) is 7.28. The van der Waals surface area contributed by atoms with Crippen LogP contribution in [0.25, 0.3) is 10.2 Å². The summed E-state index contributed by atoms with van der Waals surface area (Å²) in [7, 11) is 1.69. The molecule has 2 heterocycles. The Bertz CT molecular complexity index is 1010. The summed E-state index contributed by atoms with van der Waals surface area (Å²) in [6, 6.07) is 4.07. The molecule has 1 aliphatic heterocycles. The van der Waals surface area contributed by atoms with E-state index in [1.807, 2.05) is 6.07 Å². The second kappa shape index (κ2) is 8.51. The molecule has 0 atom stereocenters. The van der Waals surface area contributed by atoms with Crippen LogP contribution in [0.3, 0.4) is 0 Å². The third-order valence-electron chi connectivity index (χ3n) is 8.62. The minimum atomic E-state index is -0.170. The van der Waals surface area contributed by atoms with E-state index in [4.69, 9.17) is 14.5 Å². The molecule has 1 saturated heterocycles.